The predicted octanol–water partition coefficient (Wildman–Crippen LogP) is 5.06. The Morgan fingerprint density at radius 2 is 1.73 bits per heavy atom. The summed E-state index contributed by atoms with van der Waals surface area (Å²) in [5.74, 6) is 0.826. The lowest BCUT2D eigenvalue weighted by Gasteiger charge is -2.05. The Hall–Kier alpha value is -3.87. The normalized spacial score (nSPS) is 10.0. The number of nitrogens with zero attached hydrogens (tertiary/aromatic N) is 3. The molecule has 10 heteroatoms. The Balaban J connectivity index is 0.000000235. The molecule has 1 amide bonds. The standard InChI is InChI=1S/C16H15N3O2S.C7H5ClN2O/c1-9-3-5-10(6-4-9)19-15(20)14-13(17)12-11(21-2)7-8-18-16(12)22-14;1-11-6-2-3-10-7(8)5(6)4-9/h3-8H,17H2,1-2H3,(H,19,20);2-3H,1H3. The highest BCUT2D eigenvalue weighted by atomic mass is 35.5. The first-order valence-corrected chi connectivity index (χ1v) is 10.8. The molecule has 3 heterocycles. The molecule has 0 saturated heterocycles. The molecule has 33 heavy (non-hydrogen) atoms. The van der Waals surface area contributed by atoms with Crippen LogP contribution in [0.15, 0.2) is 48.8 Å². The molecule has 3 N–H and O–H groups in total. The van der Waals surface area contributed by atoms with Gasteiger partial charge in [0.25, 0.3) is 5.91 Å². The number of aryl methyl sites for hydroxylation is 1. The summed E-state index contributed by atoms with van der Waals surface area (Å²) in [6.07, 6.45) is 3.13. The highest BCUT2D eigenvalue weighted by Crippen LogP contribution is 2.38. The molecule has 8 nitrogen and oxygen atoms in total. The number of amides is 1. The zero-order chi connectivity index (χ0) is 24.0. The number of methoxy groups -OCH3 is 2. The van der Waals surface area contributed by atoms with Gasteiger partial charge in [-0.25, -0.2) is 9.97 Å². The quantitative estimate of drug-likeness (QED) is 0.390. The molecule has 168 valence electrons. The number of halogens is 1. The average molecular weight is 482 g/mol. The van der Waals surface area contributed by atoms with Crippen LogP contribution in [0.25, 0.3) is 10.2 Å². The van der Waals surface area contributed by atoms with Crippen molar-refractivity contribution in [3.8, 4) is 17.6 Å². The largest absolute Gasteiger partial charge is 0.496 e. The number of nitriles is 1. The fraction of sp³-hybridized carbons (Fsp3) is 0.130. The van der Waals surface area contributed by atoms with Crippen molar-refractivity contribution in [1.29, 1.82) is 5.26 Å². The van der Waals surface area contributed by atoms with Gasteiger partial charge in [-0.3, -0.25) is 4.79 Å². The van der Waals surface area contributed by atoms with Crippen LogP contribution in [0, 0.1) is 18.3 Å². The van der Waals surface area contributed by atoms with Gasteiger partial charge in [-0.05, 0) is 31.2 Å². The van der Waals surface area contributed by atoms with E-state index in [0.29, 0.717) is 32.3 Å². The van der Waals surface area contributed by atoms with Crippen molar-refractivity contribution in [1.82, 2.24) is 9.97 Å². The number of anilines is 2. The van der Waals surface area contributed by atoms with Crippen molar-refractivity contribution >= 4 is 50.4 Å². The van der Waals surface area contributed by atoms with Gasteiger partial charge in [0.1, 0.15) is 32.8 Å². The fourth-order valence-electron chi connectivity index (χ4n) is 2.87. The topological polar surface area (TPSA) is 123 Å². The minimum absolute atomic E-state index is 0.173. The van der Waals surface area contributed by atoms with Crippen LogP contribution >= 0.6 is 22.9 Å². The molecule has 0 fully saturated rings. The van der Waals surface area contributed by atoms with Crippen molar-refractivity contribution < 1.29 is 14.3 Å². The lowest BCUT2D eigenvalue weighted by Crippen LogP contribution is -2.11. The van der Waals surface area contributed by atoms with Gasteiger partial charge in [0, 0.05) is 18.1 Å². The van der Waals surface area contributed by atoms with Crippen molar-refractivity contribution in [2.45, 2.75) is 6.92 Å². The number of nitrogen functional groups attached to an aromatic ring is 1. The second-order valence-corrected chi connectivity index (χ2v) is 8.01. The monoisotopic (exact) mass is 481 g/mol. The lowest BCUT2D eigenvalue weighted by atomic mass is 10.2. The number of thiophene rings is 1. The number of ether oxygens (including phenoxy) is 2. The highest BCUT2D eigenvalue weighted by Gasteiger charge is 2.20. The summed E-state index contributed by atoms with van der Waals surface area (Å²) < 4.78 is 10.2. The summed E-state index contributed by atoms with van der Waals surface area (Å²) in [5, 5.41) is 12.3. The average Bonchev–Trinajstić information content (AvgIpc) is 3.17. The number of rotatable bonds is 4. The number of aromatic nitrogens is 2. The second kappa shape index (κ2) is 10.6. The summed E-state index contributed by atoms with van der Waals surface area (Å²) in [6.45, 7) is 1.99. The molecular weight excluding hydrogens is 462 g/mol. The summed E-state index contributed by atoms with van der Waals surface area (Å²) >= 11 is 6.85. The van der Waals surface area contributed by atoms with Gasteiger partial charge in [0.2, 0.25) is 0 Å². The lowest BCUT2D eigenvalue weighted by molar-refractivity contribution is 0.103. The van der Waals surface area contributed by atoms with Crippen LogP contribution in [-0.2, 0) is 0 Å². The smallest absolute Gasteiger partial charge is 0.267 e. The number of pyridine rings is 2. The van der Waals surface area contributed by atoms with Gasteiger partial charge >= 0.3 is 0 Å². The van der Waals surface area contributed by atoms with Gasteiger partial charge < -0.3 is 20.5 Å². The highest BCUT2D eigenvalue weighted by molar-refractivity contribution is 7.21. The molecule has 0 unspecified atom stereocenters. The Morgan fingerprint density at radius 3 is 2.33 bits per heavy atom. The molecule has 0 spiro atoms. The van der Waals surface area contributed by atoms with E-state index in [1.165, 1.54) is 24.6 Å². The van der Waals surface area contributed by atoms with Crippen LogP contribution in [0.1, 0.15) is 20.8 Å². The summed E-state index contributed by atoms with van der Waals surface area (Å²) in [4.78, 5) is 21.5. The third-order valence-electron chi connectivity index (χ3n) is 4.52. The fourth-order valence-corrected chi connectivity index (χ4v) is 4.04. The zero-order valence-electron chi connectivity index (χ0n) is 18.0. The van der Waals surface area contributed by atoms with Gasteiger partial charge in [-0.15, -0.1) is 11.3 Å². The maximum absolute atomic E-state index is 12.4. The van der Waals surface area contributed by atoms with E-state index in [4.69, 9.17) is 32.1 Å². The Kier molecular flexibility index (Phi) is 7.66. The van der Waals surface area contributed by atoms with Crippen molar-refractivity contribution in [3.63, 3.8) is 0 Å². The molecule has 0 bridgehead atoms. The number of hydrogen-bond donors (Lipinski definition) is 2. The number of carbonyl (C=O) groups excluding carboxylic acids is 1. The molecule has 4 aromatic rings. The third-order valence-corrected chi connectivity index (χ3v) is 5.92. The number of carbonyl (C=O) groups is 1. The molecule has 3 aromatic heterocycles. The Bertz CT molecular complexity index is 1330. The van der Waals surface area contributed by atoms with Crippen LogP contribution in [0.2, 0.25) is 5.15 Å². The first-order chi connectivity index (χ1) is 15.9. The maximum Gasteiger partial charge on any atom is 0.267 e. The van der Waals surface area contributed by atoms with Crippen LogP contribution < -0.4 is 20.5 Å². The number of hydrogen-bond acceptors (Lipinski definition) is 8. The van der Waals surface area contributed by atoms with Gasteiger partial charge in [0.05, 0.1) is 25.3 Å². The van der Waals surface area contributed by atoms with Gasteiger partial charge in [-0.2, -0.15) is 5.26 Å². The molecular formula is C23H20ClN5O3S. The number of nitrogens with two attached hydrogens (primary N) is 1. The molecule has 0 radical (unpaired) electrons. The molecule has 1 aromatic carbocycles. The van der Waals surface area contributed by atoms with E-state index in [1.807, 2.05) is 37.3 Å². The first-order valence-electron chi connectivity index (χ1n) is 9.57. The zero-order valence-corrected chi connectivity index (χ0v) is 19.6. The third kappa shape index (κ3) is 5.31. The number of nitrogens with one attached hydrogen (secondary N) is 1. The maximum atomic E-state index is 12.4. The first kappa shape index (κ1) is 23.8. The van der Waals surface area contributed by atoms with Crippen LogP contribution in [0.5, 0.6) is 11.5 Å². The molecule has 0 aliphatic heterocycles. The second-order valence-electron chi connectivity index (χ2n) is 6.65. The molecule has 0 saturated carbocycles. The van der Waals surface area contributed by atoms with E-state index in [9.17, 15) is 4.79 Å². The molecule has 0 aliphatic rings. The van der Waals surface area contributed by atoms with E-state index < -0.39 is 0 Å². The van der Waals surface area contributed by atoms with Crippen molar-refractivity contribution in [3.05, 3.63) is 69.9 Å². The SMILES string of the molecule is COc1ccnc(Cl)c1C#N.COc1ccnc2sc(C(=O)Nc3ccc(C)cc3)c(N)c12. The summed E-state index contributed by atoms with van der Waals surface area (Å²) in [5.41, 5.74) is 8.66. The molecule has 4 rings (SSSR count). The van der Waals surface area contributed by atoms with Crippen LogP contribution in [0.3, 0.4) is 0 Å². The molecule has 0 atom stereocenters. The van der Waals surface area contributed by atoms with E-state index in [0.717, 1.165) is 11.3 Å². The Labute approximate surface area is 199 Å². The van der Waals surface area contributed by atoms with E-state index >= 15 is 0 Å². The molecule has 0 aliphatic carbocycles. The minimum atomic E-state index is -0.244. The van der Waals surface area contributed by atoms with Crippen molar-refractivity contribution in [2.75, 3.05) is 25.3 Å². The Morgan fingerprint density at radius 1 is 1.09 bits per heavy atom. The van der Waals surface area contributed by atoms with E-state index in [1.54, 1.807) is 25.4 Å². The van der Waals surface area contributed by atoms with Gasteiger partial charge in [-0.1, -0.05) is 29.3 Å². The van der Waals surface area contributed by atoms with E-state index in [-0.39, 0.29) is 16.6 Å². The van der Waals surface area contributed by atoms with Gasteiger partial charge in [0.15, 0.2) is 5.15 Å². The van der Waals surface area contributed by atoms with Crippen LogP contribution in [0.4, 0.5) is 11.4 Å². The van der Waals surface area contributed by atoms with Crippen LogP contribution in [-0.4, -0.2) is 30.1 Å². The van der Waals surface area contributed by atoms with E-state index in [2.05, 4.69) is 15.3 Å². The summed E-state index contributed by atoms with van der Waals surface area (Å²) in [6, 6.07) is 12.8. The summed E-state index contributed by atoms with van der Waals surface area (Å²) in [7, 11) is 3.05. The minimum Gasteiger partial charge on any atom is -0.496 e. The van der Waals surface area contributed by atoms with Crippen molar-refractivity contribution in [2.24, 2.45) is 0 Å². The number of fused-ring (bicyclic) bond motifs is 1. The number of benzene rings is 1. The predicted molar refractivity (Wildman–Crippen MR) is 130 cm³/mol.